The Morgan fingerprint density at radius 2 is 2.14 bits per heavy atom. The summed E-state index contributed by atoms with van der Waals surface area (Å²) < 4.78 is 1.03. The van der Waals surface area contributed by atoms with Crippen molar-refractivity contribution in [1.29, 1.82) is 0 Å². The minimum Gasteiger partial charge on any atom is -0.494 e. The molecule has 0 saturated heterocycles. The maximum Gasteiger partial charge on any atom is 0.305 e. The minimum absolute atomic E-state index is 0.0136. The summed E-state index contributed by atoms with van der Waals surface area (Å²) in [5.74, 6) is -1.20. The first kappa shape index (κ1) is 10.3. The van der Waals surface area contributed by atoms with Gasteiger partial charge in [0.15, 0.2) is 5.88 Å². The Kier molecular flexibility index (Phi) is 2.91. The molecule has 0 aliphatic rings. The Labute approximate surface area is 80.2 Å². The van der Waals surface area contributed by atoms with Gasteiger partial charge < -0.3 is 10.2 Å². The molecule has 1 aromatic rings. The van der Waals surface area contributed by atoms with E-state index in [-0.39, 0.29) is 24.4 Å². The van der Waals surface area contributed by atoms with Crippen molar-refractivity contribution in [3.05, 3.63) is 28.0 Å². The van der Waals surface area contributed by atoms with Gasteiger partial charge in [0, 0.05) is 18.7 Å². The van der Waals surface area contributed by atoms with Gasteiger partial charge in [-0.05, 0) is 12.5 Å². The number of carboxylic acid groups (broad SMARTS) is 1. The van der Waals surface area contributed by atoms with Crippen LogP contribution in [0.25, 0.3) is 0 Å². The topological polar surface area (TPSA) is 79.5 Å². The molecule has 76 valence electrons. The van der Waals surface area contributed by atoms with E-state index in [0.29, 0.717) is 5.56 Å². The van der Waals surface area contributed by atoms with Crippen LogP contribution in [0.4, 0.5) is 0 Å². The number of nitrogens with zero attached hydrogens (tertiary/aromatic N) is 1. The van der Waals surface area contributed by atoms with Crippen LogP contribution >= 0.6 is 0 Å². The normalized spacial score (nSPS) is 10.1. The summed E-state index contributed by atoms with van der Waals surface area (Å²) in [6, 6.07) is 2.77. The second-order valence-corrected chi connectivity index (χ2v) is 3.02. The van der Waals surface area contributed by atoms with Gasteiger partial charge in [-0.15, -0.1) is 0 Å². The highest BCUT2D eigenvalue weighted by Crippen LogP contribution is 2.08. The van der Waals surface area contributed by atoms with Crippen LogP contribution in [0, 0.1) is 6.92 Å². The fourth-order valence-electron chi connectivity index (χ4n) is 1.14. The molecule has 5 heteroatoms. The van der Waals surface area contributed by atoms with Crippen LogP contribution in [0.5, 0.6) is 5.88 Å². The molecule has 0 aliphatic carbocycles. The summed E-state index contributed by atoms with van der Waals surface area (Å²) in [6.07, 6.45) is -0.184. The number of aryl methyl sites for hydroxylation is 1. The standard InChI is InChI=1S/C9H11NO4/c1-6-4-7(11)10(8(12)5-6)3-2-9(13)14/h4-5,11H,2-3H2,1H3,(H,13,14). The fraction of sp³-hybridized carbons (Fsp3) is 0.333. The van der Waals surface area contributed by atoms with E-state index in [1.165, 1.54) is 12.1 Å². The van der Waals surface area contributed by atoms with Crippen molar-refractivity contribution in [1.82, 2.24) is 4.57 Å². The second-order valence-electron chi connectivity index (χ2n) is 3.02. The van der Waals surface area contributed by atoms with Crippen LogP contribution in [0.3, 0.4) is 0 Å². The number of rotatable bonds is 3. The first-order chi connectivity index (χ1) is 6.50. The lowest BCUT2D eigenvalue weighted by molar-refractivity contribution is -0.137. The molecule has 0 unspecified atom stereocenters. The summed E-state index contributed by atoms with van der Waals surface area (Å²) in [4.78, 5) is 21.5. The highest BCUT2D eigenvalue weighted by Gasteiger charge is 2.05. The molecule has 14 heavy (non-hydrogen) atoms. The molecule has 1 aromatic heterocycles. The van der Waals surface area contributed by atoms with Crippen molar-refractivity contribution >= 4 is 5.97 Å². The molecule has 0 saturated carbocycles. The maximum atomic E-state index is 11.3. The zero-order chi connectivity index (χ0) is 10.7. The Bertz CT molecular complexity index is 408. The van der Waals surface area contributed by atoms with Crippen LogP contribution in [-0.4, -0.2) is 20.7 Å². The minimum atomic E-state index is -1.00. The predicted octanol–water partition coefficient (Wildman–Crippen LogP) is 0.337. The van der Waals surface area contributed by atoms with Crippen LogP contribution in [0.2, 0.25) is 0 Å². The van der Waals surface area contributed by atoms with Gasteiger partial charge in [0.05, 0.1) is 6.42 Å². The molecule has 5 nitrogen and oxygen atoms in total. The van der Waals surface area contributed by atoms with Crippen molar-refractivity contribution in [2.45, 2.75) is 19.9 Å². The molecular formula is C9H11NO4. The number of carbonyl (C=O) groups is 1. The molecule has 0 spiro atoms. The third-order valence-electron chi connectivity index (χ3n) is 1.80. The van der Waals surface area contributed by atoms with E-state index in [1.54, 1.807) is 6.92 Å². The summed E-state index contributed by atoms with van der Waals surface area (Å²) >= 11 is 0. The lowest BCUT2D eigenvalue weighted by Gasteiger charge is -2.06. The fourth-order valence-corrected chi connectivity index (χ4v) is 1.14. The van der Waals surface area contributed by atoms with Crippen molar-refractivity contribution < 1.29 is 15.0 Å². The van der Waals surface area contributed by atoms with E-state index in [4.69, 9.17) is 5.11 Å². The van der Waals surface area contributed by atoms with Crippen LogP contribution < -0.4 is 5.56 Å². The first-order valence-corrected chi connectivity index (χ1v) is 4.13. The Balaban J connectivity index is 2.97. The quantitative estimate of drug-likeness (QED) is 0.732. The Hall–Kier alpha value is -1.78. The van der Waals surface area contributed by atoms with Crippen molar-refractivity contribution in [3.63, 3.8) is 0 Å². The highest BCUT2D eigenvalue weighted by molar-refractivity contribution is 5.66. The smallest absolute Gasteiger partial charge is 0.305 e. The van der Waals surface area contributed by atoms with E-state index >= 15 is 0 Å². The zero-order valence-corrected chi connectivity index (χ0v) is 7.73. The van der Waals surface area contributed by atoms with Gasteiger partial charge in [0.25, 0.3) is 5.56 Å². The van der Waals surface area contributed by atoms with Crippen molar-refractivity contribution in [2.75, 3.05) is 0 Å². The van der Waals surface area contributed by atoms with E-state index < -0.39 is 5.97 Å². The van der Waals surface area contributed by atoms with Crippen molar-refractivity contribution in [2.24, 2.45) is 0 Å². The molecule has 0 radical (unpaired) electrons. The lowest BCUT2D eigenvalue weighted by Crippen LogP contribution is -2.20. The van der Waals surface area contributed by atoms with E-state index in [0.717, 1.165) is 4.57 Å². The van der Waals surface area contributed by atoms with Gasteiger partial charge in [-0.1, -0.05) is 0 Å². The molecule has 0 aromatic carbocycles. The number of aliphatic carboxylic acids is 1. The van der Waals surface area contributed by atoms with E-state index in [2.05, 4.69) is 0 Å². The highest BCUT2D eigenvalue weighted by atomic mass is 16.4. The Morgan fingerprint density at radius 1 is 1.50 bits per heavy atom. The molecule has 0 atom stereocenters. The average Bonchev–Trinajstić information content (AvgIpc) is 2.01. The molecule has 1 rings (SSSR count). The maximum absolute atomic E-state index is 11.3. The number of carboxylic acids is 1. The molecule has 1 heterocycles. The summed E-state index contributed by atoms with van der Waals surface area (Å²) in [7, 11) is 0. The van der Waals surface area contributed by atoms with Gasteiger partial charge in [0.1, 0.15) is 0 Å². The van der Waals surface area contributed by atoms with Gasteiger partial charge in [0.2, 0.25) is 0 Å². The number of hydrogen-bond donors (Lipinski definition) is 2. The van der Waals surface area contributed by atoms with Crippen LogP contribution in [0.15, 0.2) is 16.9 Å². The molecule has 2 N–H and O–H groups in total. The van der Waals surface area contributed by atoms with Gasteiger partial charge in [-0.25, -0.2) is 0 Å². The monoisotopic (exact) mass is 197 g/mol. The third-order valence-corrected chi connectivity index (χ3v) is 1.80. The van der Waals surface area contributed by atoms with Crippen LogP contribution in [-0.2, 0) is 11.3 Å². The molecule has 0 bridgehead atoms. The first-order valence-electron chi connectivity index (χ1n) is 4.13. The number of hydrogen-bond acceptors (Lipinski definition) is 3. The summed E-state index contributed by atoms with van der Waals surface area (Å²) in [5.41, 5.74) is 0.267. The van der Waals surface area contributed by atoms with Gasteiger partial charge in [-0.2, -0.15) is 0 Å². The number of aromatic nitrogens is 1. The zero-order valence-electron chi connectivity index (χ0n) is 7.73. The SMILES string of the molecule is Cc1cc(O)n(CCC(=O)O)c(=O)c1. The largest absolute Gasteiger partial charge is 0.494 e. The summed E-state index contributed by atoms with van der Waals surface area (Å²) in [5, 5.41) is 17.8. The lowest BCUT2D eigenvalue weighted by atomic mass is 10.3. The summed E-state index contributed by atoms with van der Waals surface area (Å²) in [6.45, 7) is 1.67. The third kappa shape index (κ3) is 2.35. The van der Waals surface area contributed by atoms with Gasteiger partial charge >= 0.3 is 5.97 Å². The molecular weight excluding hydrogens is 186 g/mol. The van der Waals surface area contributed by atoms with Crippen LogP contribution in [0.1, 0.15) is 12.0 Å². The molecule has 0 fully saturated rings. The molecule has 0 aliphatic heterocycles. The number of pyridine rings is 1. The molecule has 0 amide bonds. The van der Waals surface area contributed by atoms with E-state index in [9.17, 15) is 14.7 Å². The van der Waals surface area contributed by atoms with Crippen molar-refractivity contribution in [3.8, 4) is 5.88 Å². The second kappa shape index (κ2) is 3.95. The Morgan fingerprint density at radius 3 is 2.64 bits per heavy atom. The van der Waals surface area contributed by atoms with Gasteiger partial charge in [-0.3, -0.25) is 14.2 Å². The average molecular weight is 197 g/mol. The number of aromatic hydroxyl groups is 1. The predicted molar refractivity (Wildman–Crippen MR) is 49.4 cm³/mol. The van der Waals surface area contributed by atoms with E-state index in [1.807, 2.05) is 0 Å².